The fourth-order valence-corrected chi connectivity index (χ4v) is 4.97. The minimum atomic E-state index is -4.17. The predicted molar refractivity (Wildman–Crippen MR) is 160 cm³/mol. The van der Waals surface area contributed by atoms with E-state index in [2.05, 4.69) is 15.0 Å². The number of ether oxygens (including phenoxy) is 5. The molecular weight excluding hydrogens is 626 g/mol. The van der Waals surface area contributed by atoms with E-state index in [4.69, 9.17) is 34.5 Å². The van der Waals surface area contributed by atoms with E-state index in [9.17, 15) is 23.3 Å². The third kappa shape index (κ3) is 11.3. The molecule has 0 aliphatic carbocycles. The van der Waals surface area contributed by atoms with E-state index >= 15 is 0 Å². The number of nitrogens with zero attached hydrogens (tertiary/aromatic N) is 7. The highest BCUT2D eigenvalue weighted by molar-refractivity contribution is 7.92. The first-order valence-electron chi connectivity index (χ1n) is 13.6. The minimum Gasteiger partial charge on any atom is -0.429 e. The highest BCUT2D eigenvalue weighted by Gasteiger charge is 2.26. The van der Waals surface area contributed by atoms with Gasteiger partial charge in [0.1, 0.15) is 18.4 Å². The summed E-state index contributed by atoms with van der Waals surface area (Å²) in [5.74, 6) is 0.0601. The summed E-state index contributed by atoms with van der Waals surface area (Å²) in [5, 5.41) is 22.9. The molecule has 0 saturated heterocycles. The van der Waals surface area contributed by atoms with Crippen molar-refractivity contribution in [3.8, 4) is 11.8 Å². The number of nitro groups is 1. The Morgan fingerprint density at radius 2 is 1.63 bits per heavy atom. The first-order valence-corrected chi connectivity index (χ1v) is 15.0. The molecule has 0 N–H and O–H groups in total. The molecule has 3 rings (SSSR count). The number of azide groups is 1. The maximum atomic E-state index is 13.5. The zero-order valence-corrected chi connectivity index (χ0v) is 25.2. The maximum absolute atomic E-state index is 13.5. The van der Waals surface area contributed by atoms with Crippen LogP contribution in [0.2, 0.25) is 0 Å². The summed E-state index contributed by atoms with van der Waals surface area (Å²) in [6.07, 6.45) is 0.128. The Morgan fingerprint density at radius 1 is 0.978 bits per heavy atom. The number of nitro benzene ring substituents is 1. The van der Waals surface area contributed by atoms with Crippen molar-refractivity contribution in [1.29, 1.82) is 5.26 Å². The number of carbonyl (C=O) groups excluding carboxylic acids is 1. The Bertz CT molecular complexity index is 1630. The van der Waals surface area contributed by atoms with Gasteiger partial charge in [-0.05, 0) is 47.5 Å². The normalized spacial score (nSPS) is 10.8. The molecule has 0 atom stereocenters. The Morgan fingerprint density at radius 3 is 2.22 bits per heavy atom. The van der Waals surface area contributed by atoms with Gasteiger partial charge in [0.05, 0.1) is 62.4 Å². The summed E-state index contributed by atoms with van der Waals surface area (Å²) >= 11 is 0. The van der Waals surface area contributed by atoms with Crippen molar-refractivity contribution >= 4 is 27.6 Å². The molecule has 0 amide bonds. The average molecular weight is 656 g/mol. The second-order valence-electron chi connectivity index (χ2n) is 8.92. The maximum Gasteiger partial charge on any atom is 0.514 e. The number of non-ortho nitro benzene ring substituents is 1. The summed E-state index contributed by atoms with van der Waals surface area (Å²) in [7, 11) is -4.17. The molecule has 17 nitrogen and oxygen atoms in total. The lowest BCUT2D eigenvalue weighted by atomic mass is 10.2. The molecule has 0 aliphatic heterocycles. The molecule has 0 bridgehead atoms. The lowest BCUT2D eigenvalue weighted by Gasteiger charge is -2.24. The van der Waals surface area contributed by atoms with E-state index in [1.165, 1.54) is 48.5 Å². The van der Waals surface area contributed by atoms with Crippen LogP contribution in [-0.4, -0.2) is 77.2 Å². The molecule has 0 aliphatic rings. The summed E-state index contributed by atoms with van der Waals surface area (Å²) in [6, 6.07) is 15.5. The van der Waals surface area contributed by atoms with Crippen molar-refractivity contribution in [1.82, 2.24) is 4.98 Å². The molecule has 0 fully saturated rings. The van der Waals surface area contributed by atoms with Crippen LogP contribution in [0.25, 0.3) is 10.4 Å². The predicted octanol–water partition coefficient (Wildman–Crippen LogP) is 4.13. The molecule has 3 aromatic rings. The Hall–Kier alpha value is -5.31. The smallest absolute Gasteiger partial charge is 0.429 e. The number of nitriles is 1. The van der Waals surface area contributed by atoms with Crippen molar-refractivity contribution in [2.75, 3.05) is 57.0 Å². The second-order valence-corrected chi connectivity index (χ2v) is 10.7. The molecular formula is C28H29N7O10S. The molecule has 1 heterocycles. The van der Waals surface area contributed by atoms with Crippen LogP contribution in [0.1, 0.15) is 11.1 Å². The van der Waals surface area contributed by atoms with Crippen molar-refractivity contribution in [3.05, 3.63) is 98.5 Å². The molecule has 18 heteroatoms. The summed E-state index contributed by atoms with van der Waals surface area (Å²) < 4.78 is 54.5. The number of sulfonamides is 1. The van der Waals surface area contributed by atoms with E-state index in [1.54, 1.807) is 12.1 Å². The van der Waals surface area contributed by atoms with Crippen molar-refractivity contribution < 1.29 is 41.8 Å². The fraction of sp³-hybridized carbons (Fsp3) is 0.321. The third-order valence-corrected chi connectivity index (χ3v) is 7.57. The Balaban J connectivity index is 1.57. The first kappa shape index (κ1) is 35.2. The van der Waals surface area contributed by atoms with Crippen LogP contribution in [0, 0.1) is 21.4 Å². The van der Waals surface area contributed by atoms with E-state index in [1.807, 2.05) is 6.07 Å². The van der Waals surface area contributed by atoms with E-state index in [0.29, 0.717) is 18.8 Å². The number of carbonyl (C=O) groups is 1. The van der Waals surface area contributed by atoms with Gasteiger partial charge in [-0.25, -0.2) is 9.78 Å². The monoisotopic (exact) mass is 655 g/mol. The van der Waals surface area contributed by atoms with Gasteiger partial charge in [-0.15, -0.1) is 0 Å². The number of anilines is 1. The second kappa shape index (κ2) is 18.5. The van der Waals surface area contributed by atoms with Gasteiger partial charge < -0.3 is 23.7 Å². The molecule has 0 spiro atoms. The summed E-state index contributed by atoms with van der Waals surface area (Å²) in [4.78, 5) is 28.8. The van der Waals surface area contributed by atoms with Gasteiger partial charge in [-0.3, -0.25) is 14.4 Å². The zero-order valence-electron chi connectivity index (χ0n) is 24.3. The number of hydrogen-bond acceptors (Lipinski definition) is 13. The van der Waals surface area contributed by atoms with E-state index in [0.717, 1.165) is 10.5 Å². The zero-order chi connectivity index (χ0) is 33.2. The van der Waals surface area contributed by atoms with Crippen LogP contribution in [0.5, 0.6) is 5.75 Å². The average Bonchev–Trinajstić information content (AvgIpc) is 3.06. The minimum absolute atomic E-state index is 0.0148. The lowest BCUT2D eigenvalue weighted by Crippen LogP contribution is -2.35. The molecule has 0 saturated carbocycles. The first-order chi connectivity index (χ1) is 22.2. The van der Waals surface area contributed by atoms with E-state index in [-0.39, 0.29) is 73.8 Å². The SMILES string of the molecule is N#Cc1ccc(S(=O)(=O)N(CCOCCOCCOCCN=[N+]=[N-])c2ccc(COC(=O)Oc3ccc([N+](=O)[O-])cc3)cc2)nc1. The van der Waals surface area contributed by atoms with Gasteiger partial charge >= 0.3 is 6.16 Å². The Kier molecular flexibility index (Phi) is 14.1. The summed E-state index contributed by atoms with van der Waals surface area (Å²) in [6.45, 7) is 1.30. The van der Waals surface area contributed by atoms with Crippen LogP contribution in [-0.2, 0) is 35.6 Å². The quantitative estimate of drug-likeness (QED) is 0.0259. The van der Waals surface area contributed by atoms with Crippen molar-refractivity contribution in [2.24, 2.45) is 5.11 Å². The van der Waals surface area contributed by atoms with Crippen LogP contribution in [0.3, 0.4) is 0 Å². The lowest BCUT2D eigenvalue weighted by molar-refractivity contribution is -0.384. The number of aromatic nitrogens is 1. The highest BCUT2D eigenvalue weighted by atomic mass is 32.2. The van der Waals surface area contributed by atoms with Crippen LogP contribution < -0.4 is 9.04 Å². The van der Waals surface area contributed by atoms with Gasteiger partial charge in [0, 0.05) is 29.8 Å². The van der Waals surface area contributed by atoms with Gasteiger partial charge in [0.2, 0.25) is 0 Å². The van der Waals surface area contributed by atoms with Crippen molar-refractivity contribution in [2.45, 2.75) is 11.6 Å². The molecule has 46 heavy (non-hydrogen) atoms. The fourth-order valence-electron chi connectivity index (χ4n) is 3.60. The summed E-state index contributed by atoms with van der Waals surface area (Å²) in [5.41, 5.74) is 9.05. The molecule has 0 unspecified atom stereocenters. The molecule has 0 radical (unpaired) electrons. The number of pyridine rings is 1. The van der Waals surface area contributed by atoms with Crippen LogP contribution in [0.15, 0.2) is 77.0 Å². The van der Waals surface area contributed by atoms with E-state index < -0.39 is 21.1 Å². The molecule has 1 aromatic heterocycles. The highest BCUT2D eigenvalue weighted by Crippen LogP contribution is 2.24. The standard InChI is InChI=1S/C28H29N7O10S/c29-19-23-3-10-27(31-20-23)46(39,40)34(12-14-42-16-18-43-17-15-41-13-11-32-33-30)24-4-1-22(2-5-24)21-44-28(36)45-26-8-6-25(7-9-26)35(37)38/h1-10,20H,11-18,21H2. The van der Waals surface area contributed by atoms with Gasteiger partial charge in [0.15, 0.2) is 5.03 Å². The molecule has 242 valence electrons. The Labute approximate surface area is 263 Å². The van der Waals surface area contributed by atoms with Gasteiger partial charge in [-0.1, -0.05) is 17.2 Å². The van der Waals surface area contributed by atoms with Crippen molar-refractivity contribution in [3.63, 3.8) is 0 Å². The van der Waals surface area contributed by atoms with Crippen LogP contribution in [0.4, 0.5) is 16.2 Å². The number of rotatable bonds is 19. The number of benzene rings is 2. The number of hydrogen-bond donors (Lipinski definition) is 0. The largest absolute Gasteiger partial charge is 0.514 e. The molecule has 2 aromatic carbocycles. The van der Waals surface area contributed by atoms with Gasteiger partial charge in [0.25, 0.3) is 15.7 Å². The van der Waals surface area contributed by atoms with Gasteiger partial charge in [-0.2, -0.15) is 13.7 Å². The third-order valence-electron chi connectivity index (χ3n) is 5.83. The topological polar surface area (TPSA) is 229 Å². The van der Waals surface area contributed by atoms with Crippen LogP contribution >= 0.6 is 0 Å².